The highest BCUT2D eigenvalue weighted by Crippen LogP contribution is 2.46. The summed E-state index contributed by atoms with van der Waals surface area (Å²) >= 11 is 0. The number of unbranched alkanes of at least 4 members (excludes halogenated alkanes) is 1. The molecule has 0 aromatic heterocycles. The third kappa shape index (κ3) is 3.96. The van der Waals surface area contributed by atoms with Crippen LogP contribution in [0, 0.1) is 5.82 Å². The maximum atomic E-state index is 14.6. The molecule has 1 saturated heterocycles. The number of carbonyl (C=O) groups excluding carboxylic acids is 2. The molecule has 3 N–H and O–H groups in total. The molecule has 2 aliphatic rings. The Kier molecular flexibility index (Phi) is 6.43. The molecule has 2 atom stereocenters. The van der Waals surface area contributed by atoms with E-state index in [9.17, 15) is 14.0 Å². The number of benzene rings is 1. The highest BCUT2D eigenvalue weighted by atomic mass is 19.1. The predicted octanol–water partition coefficient (Wildman–Crippen LogP) is 3.18. The monoisotopic (exact) mass is 406 g/mol. The topological polar surface area (TPSA) is 87.9 Å². The van der Waals surface area contributed by atoms with Gasteiger partial charge in [0.05, 0.1) is 18.0 Å². The van der Waals surface area contributed by atoms with Crippen LogP contribution in [0.4, 0.5) is 20.6 Å². The summed E-state index contributed by atoms with van der Waals surface area (Å²) < 4.78 is 20.0. The summed E-state index contributed by atoms with van der Waals surface area (Å²) in [5.74, 6) is -0.730. The van der Waals surface area contributed by atoms with Gasteiger partial charge in [0.1, 0.15) is 11.4 Å². The van der Waals surface area contributed by atoms with Gasteiger partial charge in [0.25, 0.3) is 0 Å². The second-order valence-corrected chi connectivity index (χ2v) is 7.93. The molecule has 3 rings (SSSR count). The summed E-state index contributed by atoms with van der Waals surface area (Å²) in [7, 11) is 0. The lowest BCUT2D eigenvalue weighted by molar-refractivity contribution is -0.127. The van der Waals surface area contributed by atoms with Crippen molar-refractivity contribution in [2.45, 2.75) is 58.0 Å². The molecule has 2 aliphatic heterocycles. The Balaban J connectivity index is 1.99. The number of piperidine rings is 1. The van der Waals surface area contributed by atoms with Gasteiger partial charge < -0.3 is 15.8 Å². The Bertz CT molecular complexity index is 787. The smallest absolute Gasteiger partial charge is 0.414 e. The first kappa shape index (κ1) is 21.5. The van der Waals surface area contributed by atoms with Crippen molar-refractivity contribution in [3.8, 4) is 0 Å². The van der Waals surface area contributed by atoms with Crippen molar-refractivity contribution in [3.63, 3.8) is 0 Å². The van der Waals surface area contributed by atoms with Gasteiger partial charge in [-0.1, -0.05) is 13.3 Å². The lowest BCUT2D eigenvalue weighted by atomic mass is 9.88. The molecule has 2 heterocycles. The molecule has 2 amide bonds. The molecule has 29 heavy (non-hydrogen) atoms. The number of ether oxygens (including phenoxy) is 1. The average Bonchev–Trinajstić information content (AvgIpc) is 2.94. The molecule has 0 radical (unpaired) electrons. The van der Waals surface area contributed by atoms with Gasteiger partial charge in [0.2, 0.25) is 5.91 Å². The molecule has 7 nitrogen and oxygen atoms in total. The predicted molar refractivity (Wildman–Crippen MR) is 110 cm³/mol. The van der Waals surface area contributed by atoms with Gasteiger partial charge in [-0.3, -0.25) is 14.6 Å². The number of halogens is 1. The van der Waals surface area contributed by atoms with Crippen molar-refractivity contribution in [1.82, 2.24) is 4.90 Å². The Morgan fingerprint density at radius 3 is 2.86 bits per heavy atom. The molecule has 8 heteroatoms. The van der Waals surface area contributed by atoms with Gasteiger partial charge in [-0.05, 0) is 51.8 Å². The first-order valence-electron chi connectivity index (χ1n) is 10.4. The number of carbonyl (C=O) groups is 2. The molecule has 1 fully saturated rings. The number of anilines is 2. The zero-order valence-corrected chi connectivity index (χ0v) is 17.5. The van der Waals surface area contributed by atoms with Crippen LogP contribution >= 0.6 is 0 Å². The second-order valence-electron chi connectivity index (χ2n) is 7.93. The van der Waals surface area contributed by atoms with Gasteiger partial charge in [-0.15, -0.1) is 0 Å². The molecule has 160 valence electrons. The summed E-state index contributed by atoms with van der Waals surface area (Å²) in [6.45, 7) is 7.46. The van der Waals surface area contributed by atoms with E-state index in [0.29, 0.717) is 43.2 Å². The number of amides is 2. The summed E-state index contributed by atoms with van der Waals surface area (Å²) in [6.07, 6.45) is 2.90. The van der Waals surface area contributed by atoms with Crippen molar-refractivity contribution in [2.75, 3.05) is 36.5 Å². The van der Waals surface area contributed by atoms with Crippen LogP contribution in [0.2, 0.25) is 0 Å². The summed E-state index contributed by atoms with van der Waals surface area (Å²) in [5.41, 5.74) is 6.42. The van der Waals surface area contributed by atoms with Crippen LogP contribution in [0.5, 0.6) is 0 Å². The molecular weight excluding hydrogens is 375 g/mol. The molecule has 0 bridgehead atoms. The number of hydrogen-bond donors (Lipinski definition) is 2. The number of nitrogens with two attached hydrogens (primary N) is 1. The minimum Gasteiger partial charge on any atom is -0.449 e. The van der Waals surface area contributed by atoms with Crippen molar-refractivity contribution in [1.29, 1.82) is 0 Å². The third-order valence-corrected chi connectivity index (χ3v) is 5.93. The zero-order chi connectivity index (χ0) is 21.2. The summed E-state index contributed by atoms with van der Waals surface area (Å²) in [6, 6.07) is 2.64. The quantitative estimate of drug-likeness (QED) is 0.709. The number of hydrogen-bond acceptors (Lipinski definition) is 5. The standard InChI is InChI=1S/C21H31FN4O3/c1-4-6-10-29-20(28)26(5-2)17-12-14(22)11-16-18(17)24-19(27)21(16,3)25-9-7-8-15(23)13-25/h11-12,15H,4-10,13,23H2,1-3H3,(H,24,27)/t15-,21?/m0/s1. The molecule has 0 spiro atoms. The van der Waals surface area contributed by atoms with E-state index < -0.39 is 17.4 Å². The fourth-order valence-corrected chi connectivity index (χ4v) is 4.19. The van der Waals surface area contributed by atoms with Crippen molar-refractivity contribution in [2.24, 2.45) is 5.73 Å². The molecular formula is C21H31FN4O3. The Hall–Kier alpha value is -2.19. The van der Waals surface area contributed by atoms with Crippen LogP contribution in [0.15, 0.2) is 12.1 Å². The minimum absolute atomic E-state index is 0.0221. The number of fused-ring (bicyclic) bond motifs is 1. The first-order chi connectivity index (χ1) is 13.8. The fraction of sp³-hybridized carbons (Fsp3) is 0.619. The average molecular weight is 407 g/mol. The van der Waals surface area contributed by atoms with Gasteiger partial charge in [-0.25, -0.2) is 9.18 Å². The maximum Gasteiger partial charge on any atom is 0.414 e. The van der Waals surface area contributed by atoms with Crippen LogP contribution in [0.3, 0.4) is 0 Å². The lowest BCUT2D eigenvalue weighted by Gasteiger charge is -2.41. The lowest BCUT2D eigenvalue weighted by Crippen LogP contribution is -2.55. The highest BCUT2D eigenvalue weighted by molar-refractivity contribution is 6.10. The number of likely N-dealkylation sites (tertiary alicyclic amines) is 1. The normalized spacial score (nSPS) is 24.2. The van der Waals surface area contributed by atoms with Crippen molar-refractivity contribution >= 4 is 23.4 Å². The van der Waals surface area contributed by atoms with Gasteiger partial charge >= 0.3 is 6.09 Å². The molecule has 0 aliphatic carbocycles. The van der Waals surface area contributed by atoms with E-state index in [0.717, 1.165) is 25.7 Å². The van der Waals surface area contributed by atoms with E-state index in [1.807, 2.05) is 11.8 Å². The molecule has 0 saturated carbocycles. The highest BCUT2D eigenvalue weighted by Gasteiger charge is 2.49. The number of nitrogens with zero attached hydrogens (tertiary/aromatic N) is 2. The first-order valence-corrected chi connectivity index (χ1v) is 10.4. The Morgan fingerprint density at radius 2 is 2.21 bits per heavy atom. The Morgan fingerprint density at radius 1 is 1.45 bits per heavy atom. The van der Waals surface area contributed by atoms with Crippen LogP contribution < -0.4 is 16.0 Å². The van der Waals surface area contributed by atoms with Gasteiger partial charge in [-0.2, -0.15) is 0 Å². The van der Waals surface area contributed by atoms with Crippen LogP contribution in [-0.4, -0.2) is 49.2 Å². The van der Waals surface area contributed by atoms with E-state index in [4.69, 9.17) is 10.5 Å². The number of nitrogens with one attached hydrogen (secondary N) is 1. The zero-order valence-electron chi connectivity index (χ0n) is 17.5. The van der Waals surface area contributed by atoms with Crippen LogP contribution in [0.25, 0.3) is 0 Å². The third-order valence-electron chi connectivity index (χ3n) is 5.93. The van der Waals surface area contributed by atoms with E-state index in [-0.39, 0.29) is 11.9 Å². The number of rotatable bonds is 6. The molecule has 1 unspecified atom stereocenters. The van der Waals surface area contributed by atoms with Gasteiger partial charge in [0, 0.05) is 24.7 Å². The van der Waals surface area contributed by atoms with E-state index in [2.05, 4.69) is 5.32 Å². The second kappa shape index (κ2) is 8.67. The van der Waals surface area contributed by atoms with E-state index in [1.54, 1.807) is 13.8 Å². The van der Waals surface area contributed by atoms with Crippen molar-refractivity contribution in [3.05, 3.63) is 23.5 Å². The summed E-state index contributed by atoms with van der Waals surface area (Å²) in [4.78, 5) is 29.0. The van der Waals surface area contributed by atoms with Crippen LogP contribution in [-0.2, 0) is 15.1 Å². The fourth-order valence-electron chi connectivity index (χ4n) is 4.19. The molecule has 1 aromatic rings. The summed E-state index contributed by atoms with van der Waals surface area (Å²) in [5, 5.41) is 2.90. The largest absolute Gasteiger partial charge is 0.449 e. The Labute approximate surface area is 171 Å². The van der Waals surface area contributed by atoms with Crippen LogP contribution in [0.1, 0.15) is 52.0 Å². The minimum atomic E-state index is -1.03. The van der Waals surface area contributed by atoms with E-state index >= 15 is 0 Å². The molecule has 1 aromatic carbocycles. The van der Waals surface area contributed by atoms with E-state index in [1.165, 1.54) is 17.0 Å². The SMILES string of the molecule is CCCCOC(=O)N(CC)c1cc(F)cc2c1NC(=O)C2(C)N1CCC[C@H](N)C1. The van der Waals surface area contributed by atoms with Crippen molar-refractivity contribution < 1.29 is 18.7 Å². The van der Waals surface area contributed by atoms with Gasteiger partial charge in [0.15, 0.2) is 0 Å². The maximum absolute atomic E-state index is 14.6.